The van der Waals surface area contributed by atoms with Gasteiger partial charge >= 0.3 is 0 Å². The highest BCUT2D eigenvalue weighted by Gasteiger charge is 2.25. The van der Waals surface area contributed by atoms with Crippen LogP contribution in [0.4, 0.5) is 0 Å². The Balaban J connectivity index is 0.00000243. The number of nitrogens with zero attached hydrogens (tertiary/aromatic N) is 4. The highest BCUT2D eigenvalue weighted by molar-refractivity contribution is 14.0. The molecule has 1 aromatic carbocycles. The first-order chi connectivity index (χ1) is 12.3. The van der Waals surface area contributed by atoms with Crippen molar-refractivity contribution >= 4 is 29.9 Å². The zero-order valence-corrected chi connectivity index (χ0v) is 17.8. The van der Waals surface area contributed by atoms with Gasteiger partial charge in [0.05, 0.1) is 26.2 Å². The average molecular weight is 469 g/mol. The van der Waals surface area contributed by atoms with E-state index in [2.05, 4.69) is 53.4 Å². The Bertz CT molecular complexity index is 689. The maximum absolute atomic E-state index is 6.03. The number of hydrogen-bond acceptors (Lipinski definition) is 3. The van der Waals surface area contributed by atoms with Crippen molar-refractivity contribution in [2.75, 3.05) is 32.8 Å². The summed E-state index contributed by atoms with van der Waals surface area (Å²) in [4.78, 5) is 7.08. The first kappa shape index (κ1) is 20.7. The fraction of sp³-hybridized carbons (Fsp3) is 0.474. The summed E-state index contributed by atoms with van der Waals surface area (Å²) < 4.78 is 7.93. The molecule has 0 saturated carbocycles. The van der Waals surface area contributed by atoms with Gasteiger partial charge in [0.15, 0.2) is 5.96 Å². The lowest BCUT2D eigenvalue weighted by molar-refractivity contribution is -0.00833. The van der Waals surface area contributed by atoms with E-state index in [-0.39, 0.29) is 30.1 Å². The number of ether oxygens (including phenoxy) is 1. The normalized spacial score (nSPS) is 17.7. The minimum Gasteiger partial charge on any atom is -0.370 e. The number of aromatic nitrogens is 2. The van der Waals surface area contributed by atoms with Crippen molar-refractivity contribution in [3.8, 4) is 0 Å². The van der Waals surface area contributed by atoms with E-state index in [9.17, 15) is 0 Å². The first-order valence-corrected chi connectivity index (χ1v) is 8.95. The Morgan fingerprint density at radius 1 is 1.35 bits per heavy atom. The summed E-state index contributed by atoms with van der Waals surface area (Å²) in [6, 6.07) is 10.4. The Labute approximate surface area is 172 Å². The third-order valence-corrected chi connectivity index (χ3v) is 4.39. The topological polar surface area (TPSA) is 54.7 Å². The summed E-state index contributed by atoms with van der Waals surface area (Å²) >= 11 is 0. The van der Waals surface area contributed by atoms with Gasteiger partial charge in [-0.25, -0.2) is 0 Å². The van der Waals surface area contributed by atoms with Gasteiger partial charge in [0.25, 0.3) is 0 Å². The second-order valence-electron chi connectivity index (χ2n) is 6.17. The molecule has 142 valence electrons. The molecule has 0 bridgehead atoms. The number of aryl methyl sites for hydroxylation is 1. The average Bonchev–Trinajstić information content (AvgIpc) is 3.15. The molecule has 6 nitrogen and oxygen atoms in total. The molecule has 26 heavy (non-hydrogen) atoms. The number of nitrogens with one attached hydrogen (secondary N) is 1. The van der Waals surface area contributed by atoms with E-state index in [1.165, 1.54) is 11.1 Å². The van der Waals surface area contributed by atoms with E-state index in [1.54, 1.807) is 6.20 Å². The molecule has 1 unspecified atom stereocenters. The van der Waals surface area contributed by atoms with E-state index >= 15 is 0 Å². The number of morpholine rings is 1. The zero-order valence-electron chi connectivity index (χ0n) is 15.5. The Morgan fingerprint density at radius 2 is 2.19 bits per heavy atom. The minimum absolute atomic E-state index is 0. The maximum atomic E-state index is 6.03. The second-order valence-corrected chi connectivity index (χ2v) is 6.17. The Hall–Kier alpha value is -1.61. The molecule has 1 aromatic heterocycles. The van der Waals surface area contributed by atoms with Crippen LogP contribution in [0.3, 0.4) is 0 Å². The molecule has 3 rings (SSSR count). The van der Waals surface area contributed by atoms with Crippen LogP contribution in [0.25, 0.3) is 0 Å². The van der Waals surface area contributed by atoms with Gasteiger partial charge in [0, 0.05) is 25.5 Å². The van der Waals surface area contributed by atoms with Crippen LogP contribution in [0.1, 0.15) is 24.2 Å². The zero-order chi connectivity index (χ0) is 17.5. The summed E-state index contributed by atoms with van der Waals surface area (Å²) in [5.41, 5.74) is 2.54. The molecule has 2 aromatic rings. The van der Waals surface area contributed by atoms with Crippen molar-refractivity contribution in [2.24, 2.45) is 4.99 Å². The Morgan fingerprint density at radius 3 is 2.92 bits per heavy atom. The van der Waals surface area contributed by atoms with Gasteiger partial charge in [-0.15, -0.1) is 24.0 Å². The number of hydrogen-bond donors (Lipinski definition) is 1. The minimum atomic E-state index is 0. The molecule has 1 saturated heterocycles. The monoisotopic (exact) mass is 469 g/mol. The van der Waals surface area contributed by atoms with E-state index in [0.717, 1.165) is 32.1 Å². The Kier molecular flexibility index (Phi) is 8.37. The molecule has 0 radical (unpaired) electrons. The summed E-state index contributed by atoms with van der Waals surface area (Å²) in [5, 5.41) is 7.64. The van der Waals surface area contributed by atoms with Crippen LogP contribution in [-0.4, -0.2) is 53.4 Å². The third kappa shape index (κ3) is 5.44. The molecule has 1 fully saturated rings. The highest BCUT2D eigenvalue weighted by atomic mass is 127. The molecule has 2 heterocycles. The molecule has 0 aliphatic carbocycles. The van der Waals surface area contributed by atoms with E-state index in [1.807, 2.05) is 16.9 Å². The van der Waals surface area contributed by atoms with Crippen molar-refractivity contribution in [3.05, 3.63) is 53.9 Å². The number of guanidine groups is 1. The van der Waals surface area contributed by atoms with E-state index in [0.29, 0.717) is 13.2 Å². The molecule has 1 aliphatic heterocycles. The SMILES string of the molecule is CCNC(=NCCn1cccn1)N1CCOC(c2ccccc2C)C1.I. The predicted octanol–water partition coefficient (Wildman–Crippen LogP) is 2.85. The first-order valence-electron chi connectivity index (χ1n) is 8.95. The van der Waals surface area contributed by atoms with Crippen molar-refractivity contribution in [3.63, 3.8) is 0 Å². The number of rotatable bonds is 5. The highest BCUT2D eigenvalue weighted by Crippen LogP contribution is 2.24. The van der Waals surface area contributed by atoms with Gasteiger partial charge in [-0.05, 0) is 31.0 Å². The van der Waals surface area contributed by atoms with Crippen LogP contribution in [0.5, 0.6) is 0 Å². The smallest absolute Gasteiger partial charge is 0.194 e. The number of aliphatic imine (C=N–C) groups is 1. The molecule has 1 N–H and O–H groups in total. The third-order valence-electron chi connectivity index (χ3n) is 4.39. The van der Waals surface area contributed by atoms with Crippen LogP contribution in [0.15, 0.2) is 47.7 Å². The summed E-state index contributed by atoms with van der Waals surface area (Å²) in [6.07, 6.45) is 3.85. The predicted molar refractivity (Wildman–Crippen MR) is 115 cm³/mol. The van der Waals surface area contributed by atoms with E-state index < -0.39 is 0 Å². The molecular formula is C19H28IN5O. The largest absolute Gasteiger partial charge is 0.370 e. The fourth-order valence-electron chi connectivity index (χ4n) is 3.09. The van der Waals surface area contributed by atoms with Gasteiger partial charge < -0.3 is 15.0 Å². The quantitative estimate of drug-likeness (QED) is 0.416. The standard InChI is InChI=1S/C19H27N5O.HI/c1-3-20-19(21-10-12-24-11-6-9-22-24)23-13-14-25-18(15-23)17-8-5-4-7-16(17)2;/h4-9,11,18H,3,10,12-15H2,1-2H3,(H,20,21);1H. The molecule has 0 amide bonds. The van der Waals surface area contributed by atoms with Crippen LogP contribution < -0.4 is 5.32 Å². The lowest BCUT2D eigenvalue weighted by Gasteiger charge is -2.35. The second kappa shape index (κ2) is 10.5. The molecule has 7 heteroatoms. The molecule has 1 atom stereocenters. The van der Waals surface area contributed by atoms with Crippen LogP contribution in [-0.2, 0) is 11.3 Å². The van der Waals surface area contributed by atoms with Crippen LogP contribution in [0.2, 0.25) is 0 Å². The van der Waals surface area contributed by atoms with Gasteiger partial charge in [0.2, 0.25) is 0 Å². The van der Waals surface area contributed by atoms with Crippen molar-refractivity contribution < 1.29 is 4.74 Å². The van der Waals surface area contributed by atoms with Gasteiger partial charge in [-0.1, -0.05) is 24.3 Å². The number of benzene rings is 1. The van der Waals surface area contributed by atoms with Gasteiger partial charge in [-0.2, -0.15) is 5.10 Å². The van der Waals surface area contributed by atoms with Gasteiger partial charge in [-0.3, -0.25) is 9.67 Å². The lowest BCUT2D eigenvalue weighted by Crippen LogP contribution is -2.48. The number of halogens is 1. The lowest BCUT2D eigenvalue weighted by atomic mass is 10.0. The summed E-state index contributed by atoms with van der Waals surface area (Å²) in [5.74, 6) is 0.955. The molecular weight excluding hydrogens is 441 g/mol. The van der Waals surface area contributed by atoms with Crippen molar-refractivity contribution in [1.82, 2.24) is 20.0 Å². The van der Waals surface area contributed by atoms with Crippen molar-refractivity contribution in [2.45, 2.75) is 26.5 Å². The summed E-state index contributed by atoms with van der Waals surface area (Å²) in [7, 11) is 0. The molecule has 0 spiro atoms. The van der Waals surface area contributed by atoms with Gasteiger partial charge in [0.1, 0.15) is 6.10 Å². The van der Waals surface area contributed by atoms with Crippen LogP contribution >= 0.6 is 24.0 Å². The van der Waals surface area contributed by atoms with Crippen LogP contribution in [0, 0.1) is 6.92 Å². The van der Waals surface area contributed by atoms with Crippen molar-refractivity contribution in [1.29, 1.82) is 0 Å². The maximum Gasteiger partial charge on any atom is 0.194 e. The summed E-state index contributed by atoms with van der Waals surface area (Å²) in [6.45, 7) is 8.97. The van der Waals surface area contributed by atoms with E-state index in [4.69, 9.17) is 9.73 Å². The molecule has 1 aliphatic rings. The fourth-order valence-corrected chi connectivity index (χ4v) is 3.09.